The number of rotatable bonds is 6. The lowest BCUT2D eigenvalue weighted by molar-refractivity contribution is -0.141. The number of hydrogen-bond donors (Lipinski definition) is 1. The number of fused-ring (bicyclic) bond motifs is 1. The van der Waals surface area contributed by atoms with Crippen molar-refractivity contribution in [1.82, 2.24) is 29.0 Å². The molecule has 0 unspecified atom stereocenters. The number of aryl methyl sites for hydroxylation is 1. The summed E-state index contributed by atoms with van der Waals surface area (Å²) in [6.45, 7) is 10.00. The highest BCUT2D eigenvalue weighted by atomic mass is 19.4. The minimum Gasteiger partial charge on any atom is -0.490 e. The van der Waals surface area contributed by atoms with Crippen LogP contribution in [0.25, 0.3) is 11.5 Å². The molecule has 1 N–H and O–H groups in total. The van der Waals surface area contributed by atoms with E-state index in [9.17, 15) is 27.6 Å². The Bertz CT molecular complexity index is 1730. The van der Waals surface area contributed by atoms with Gasteiger partial charge in [0.1, 0.15) is 23.5 Å². The zero-order valence-corrected chi connectivity index (χ0v) is 26.4. The standard InChI is InChI=1S/C30H37F3N8O5/c1-6-20-24(38-12-14-39(15-13-38)28(44)46-29(3,4)5)26(43)41-27(36-25(37-41)21-9-7-8-16-45-21)40(20)17-23(42)35-19-10-11-22(30(31,32)33)34-18(19)2/h9-11H,6-8,12-17H2,1-5H3,(H,35,42). The van der Waals surface area contributed by atoms with E-state index in [0.717, 1.165) is 29.5 Å². The Kier molecular flexibility index (Phi) is 9.00. The Balaban J connectivity index is 1.51. The second kappa shape index (κ2) is 12.6. The quantitative estimate of drug-likeness (QED) is 0.421. The number of carbonyl (C=O) groups is 2. The maximum Gasteiger partial charge on any atom is 0.433 e. The van der Waals surface area contributed by atoms with Gasteiger partial charge in [-0.25, -0.2) is 9.78 Å². The number of piperazine rings is 1. The van der Waals surface area contributed by atoms with E-state index in [-0.39, 0.29) is 29.5 Å². The van der Waals surface area contributed by atoms with Crippen LogP contribution >= 0.6 is 0 Å². The van der Waals surface area contributed by atoms with E-state index >= 15 is 0 Å². The highest BCUT2D eigenvalue weighted by Gasteiger charge is 2.33. The largest absolute Gasteiger partial charge is 0.490 e. The van der Waals surface area contributed by atoms with Crippen LogP contribution in [0.1, 0.15) is 63.4 Å². The van der Waals surface area contributed by atoms with Crippen LogP contribution < -0.4 is 15.8 Å². The van der Waals surface area contributed by atoms with Crippen LogP contribution in [0.4, 0.5) is 29.3 Å². The Morgan fingerprint density at radius 2 is 1.80 bits per heavy atom. The third-order valence-corrected chi connectivity index (χ3v) is 7.52. The molecule has 2 aliphatic rings. The van der Waals surface area contributed by atoms with Crippen LogP contribution in [-0.4, -0.2) is 79.4 Å². The van der Waals surface area contributed by atoms with Gasteiger partial charge in [-0.15, -0.1) is 5.10 Å². The first-order valence-electron chi connectivity index (χ1n) is 15.1. The molecular weight excluding hydrogens is 609 g/mol. The third-order valence-electron chi connectivity index (χ3n) is 7.52. The predicted molar refractivity (Wildman–Crippen MR) is 162 cm³/mol. The highest BCUT2D eigenvalue weighted by Crippen LogP contribution is 2.29. The van der Waals surface area contributed by atoms with Gasteiger partial charge in [0.25, 0.3) is 5.56 Å². The third kappa shape index (κ3) is 6.94. The first kappa shape index (κ1) is 32.8. The van der Waals surface area contributed by atoms with E-state index in [1.165, 1.54) is 6.92 Å². The van der Waals surface area contributed by atoms with Crippen LogP contribution in [0.2, 0.25) is 0 Å². The minimum atomic E-state index is -4.62. The van der Waals surface area contributed by atoms with Gasteiger partial charge < -0.3 is 29.2 Å². The second-order valence-corrected chi connectivity index (χ2v) is 12.1. The molecule has 0 aliphatic carbocycles. The van der Waals surface area contributed by atoms with Crippen molar-refractivity contribution in [1.29, 1.82) is 0 Å². The van der Waals surface area contributed by atoms with Crippen LogP contribution in [0.5, 0.6) is 0 Å². The van der Waals surface area contributed by atoms with Gasteiger partial charge in [0.15, 0.2) is 5.76 Å². The monoisotopic (exact) mass is 646 g/mol. The summed E-state index contributed by atoms with van der Waals surface area (Å²) in [6.07, 6.45) is -1.29. The normalized spacial score (nSPS) is 15.9. The Morgan fingerprint density at radius 1 is 1.09 bits per heavy atom. The average Bonchev–Trinajstić information content (AvgIpc) is 3.45. The SMILES string of the molecule is CCc1c(N2CCN(C(=O)OC(C)(C)C)CC2)c(=O)n2nc(C3=CCCCO3)nc2n1CC(=O)Nc1ccc(C(F)(F)F)nc1C. The molecule has 248 valence electrons. The molecule has 0 radical (unpaired) electrons. The Morgan fingerprint density at radius 3 is 2.39 bits per heavy atom. The fourth-order valence-corrected chi connectivity index (χ4v) is 5.37. The molecule has 3 aromatic rings. The van der Waals surface area contributed by atoms with Gasteiger partial charge in [0.05, 0.1) is 23.7 Å². The van der Waals surface area contributed by atoms with E-state index in [2.05, 4.69) is 20.4 Å². The van der Waals surface area contributed by atoms with Crippen LogP contribution in [-0.2, 0) is 33.4 Å². The number of nitrogens with zero attached hydrogens (tertiary/aromatic N) is 7. The molecule has 16 heteroatoms. The maximum atomic E-state index is 14.0. The summed E-state index contributed by atoms with van der Waals surface area (Å²) in [5, 5.41) is 7.11. The minimum absolute atomic E-state index is 0.00126. The molecule has 5 heterocycles. The Hall–Kier alpha value is -4.63. The van der Waals surface area contributed by atoms with Gasteiger partial charge >= 0.3 is 12.3 Å². The molecular formula is C30H37F3N8O5. The number of allylic oxidation sites excluding steroid dienone is 1. The highest BCUT2D eigenvalue weighted by molar-refractivity contribution is 5.91. The van der Waals surface area contributed by atoms with Crippen LogP contribution in [0, 0.1) is 6.92 Å². The van der Waals surface area contributed by atoms with Gasteiger partial charge in [-0.05, 0) is 65.2 Å². The van der Waals surface area contributed by atoms with Crippen molar-refractivity contribution in [2.75, 3.05) is 43.0 Å². The van der Waals surface area contributed by atoms with Crippen molar-refractivity contribution in [3.8, 4) is 0 Å². The summed E-state index contributed by atoms with van der Waals surface area (Å²) >= 11 is 0. The number of amides is 2. The number of aromatic nitrogens is 5. The van der Waals surface area contributed by atoms with E-state index in [0.29, 0.717) is 56.3 Å². The molecule has 0 bridgehead atoms. The van der Waals surface area contributed by atoms with E-state index in [1.807, 2.05) is 17.9 Å². The van der Waals surface area contributed by atoms with Crippen LogP contribution in [0.3, 0.4) is 0 Å². The molecule has 5 rings (SSSR count). The number of hydrogen-bond acceptors (Lipinski definition) is 9. The molecule has 0 saturated carbocycles. The van der Waals surface area contributed by atoms with Gasteiger partial charge in [-0.3, -0.25) is 9.59 Å². The summed E-state index contributed by atoms with van der Waals surface area (Å²) < 4.78 is 53.4. The number of halogens is 3. The molecule has 0 aromatic carbocycles. The summed E-state index contributed by atoms with van der Waals surface area (Å²) in [5.74, 6) is 0.175. The van der Waals surface area contributed by atoms with Gasteiger partial charge in [0.2, 0.25) is 17.5 Å². The Labute approximate surface area is 263 Å². The summed E-state index contributed by atoms with van der Waals surface area (Å²) in [6, 6.07) is 1.96. The van der Waals surface area contributed by atoms with Gasteiger partial charge in [-0.1, -0.05) is 6.92 Å². The average molecular weight is 647 g/mol. The maximum absolute atomic E-state index is 14.0. The zero-order valence-electron chi connectivity index (χ0n) is 26.4. The first-order valence-corrected chi connectivity index (χ1v) is 15.1. The van der Waals surface area contributed by atoms with Crippen molar-refractivity contribution in [2.45, 2.75) is 72.2 Å². The smallest absolute Gasteiger partial charge is 0.433 e. The molecule has 0 atom stereocenters. The topological polar surface area (TPSA) is 136 Å². The molecule has 13 nitrogen and oxygen atoms in total. The number of anilines is 2. The fraction of sp³-hybridized carbons (Fsp3) is 0.533. The molecule has 46 heavy (non-hydrogen) atoms. The molecule has 3 aromatic heterocycles. The number of ether oxygens (including phenoxy) is 2. The molecule has 1 saturated heterocycles. The van der Waals surface area contributed by atoms with E-state index in [1.54, 1.807) is 30.2 Å². The number of pyridine rings is 1. The van der Waals surface area contributed by atoms with Crippen LogP contribution in [0.15, 0.2) is 23.0 Å². The van der Waals surface area contributed by atoms with E-state index < -0.39 is 35.0 Å². The second-order valence-electron chi connectivity index (χ2n) is 12.1. The number of alkyl halides is 3. The molecule has 1 fully saturated rings. The van der Waals surface area contributed by atoms with Gasteiger partial charge in [0, 0.05) is 26.2 Å². The molecule has 2 aliphatic heterocycles. The lowest BCUT2D eigenvalue weighted by Gasteiger charge is -2.37. The summed E-state index contributed by atoms with van der Waals surface area (Å²) in [7, 11) is 0. The molecule has 0 spiro atoms. The van der Waals surface area contributed by atoms with Crippen molar-refractivity contribution in [3.63, 3.8) is 0 Å². The molecule has 2 amide bonds. The fourth-order valence-electron chi connectivity index (χ4n) is 5.37. The first-order chi connectivity index (χ1) is 21.7. The van der Waals surface area contributed by atoms with Crippen molar-refractivity contribution in [3.05, 3.63) is 51.5 Å². The van der Waals surface area contributed by atoms with E-state index in [4.69, 9.17) is 9.47 Å². The lowest BCUT2D eigenvalue weighted by atomic mass is 10.2. The van der Waals surface area contributed by atoms with Crippen molar-refractivity contribution < 1.29 is 32.2 Å². The summed E-state index contributed by atoms with van der Waals surface area (Å²) in [5.41, 5.74) is -1.21. The summed E-state index contributed by atoms with van der Waals surface area (Å²) in [4.78, 5) is 51.7. The van der Waals surface area contributed by atoms with Gasteiger partial charge in [-0.2, -0.15) is 22.7 Å². The van der Waals surface area contributed by atoms with Crippen molar-refractivity contribution in [2.24, 2.45) is 0 Å². The van der Waals surface area contributed by atoms with Crippen molar-refractivity contribution >= 4 is 34.9 Å². The predicted octanol–water partition coefficient (Wildman–Crippen LogP) is 4.02. The lowest BCUT2D eigenvalue weighted by Crippen LogP contribution is -2.51. The zero-order chi connectivity index (χ0) is 33.4. The number of carbonyl (C=O) groups excluding carboxylic acids is 2. The number of nitrogens with one attached hydrogen (secondary N) is 1.